The van der Waals surface area contributed by atoms with E-state index in [2.05, 4.69) is 50.9 Å². The van der Waals surface area contributed by atoms with Crippen LogP contribution in [0.2, 0.25) is 0 Å². The lowest BCUT2D eigenvalue weighted by Gasteiger charge is -2.31. The van der Waals surface area contributed by atoms with Crippen molar-refractivity contribution in [1.82, 2.24) is 15.5 Å². The number of nitrogens with zero attached hydrogens (tertiary/aromatic N) is 2. The Morgan fingerprint density at radius 1 is 1.11 bits per heavy atom. The van der Waals surface area contributed by atoms with Gasteiger partial charge in [-0.3, -0.25) is 9.89 Å². The number of nitrogens with one attached hydrogen (secondary N) is 2. The van der Waals surface area contributed by atoms with Crippen molar-refractivity contribution in [2.45, 2.75) is 51.0 Å². The normalized spacial score (nSPS) is 21.0. The summed E-state index contributed by atoms with van der Waals surface area (Å²) >= 11 is 0. The van der Waals surface area contributed by atoms with Gasteiger partial charge in [0.05, 0.1) is 6.04 Å². The van der Waals surface area contributed by atoms with E-state index in [0.717, 1.165) is 32.1 Å². The first-order valence-electron chi connectivity index (χ1n) is 11.0. The van der Waals surface area contributed by atoms with Gasteiger partial charge in [0.2, 0.25) is 0 Å². The SMILES string of the molecule is CN=C(NCC(c1ccccc1)N1CCCC1)NCC1(CCOC)CCCC1. The molecular formula is C23H38N4O. The number of hydrogen-bond donors (Lipinski definition) is 2. The van der Waals surface area contributed by atoms with Crippen molar-refractivity contribution in [2.75, 3.05) is 46.9 Å². The fraction of sp³-hybridized carbons (Fsp3) is 0.696. The number of ether oxygens (including phenoxy) is 1. The van der Waals surface area contributed by atoms with Gasteiger partial charge < -0.3 is 15.4 Å². The summed E-state index contributed by atoms with van der Waals surface area (Å²) in [5.41, 5.74) is 1.75. The summed E-state index contributed by atoms with van der Waals surface area (Å²) in [6.45, 7) is 5.09. The van der Waals surface area contributed by atoms with Gasteiger partial charge in [-0.05, 0) is 56.2 Å². The standard InChI is InChI=1S/C23H38N4O/c1-24-22(26-19-23(14-17-28-2)12-6-7-13-23)25-18-21(27-15-8-9-16-27)20-10-4-3-5-11-20/h3-5,10-11,21H,6-9,12-19H2,1-2H3,(H2,24,25,26). The third-order valence-corrected chi connectivity index (χ3v) is 6.58. The molecule has 1 aliphatic heterocycles. The summed E-state index contributed by atoms with van der Waals surface area (Å²) < 4.78 is 5.37. The number of hydrogen-bond acceptors (Lipinski definition) is 3. The molecule has 0 aromatic heterocycles. The van der Waals surface area contributed by atoms with E-state index >= 15 is 0 Å². The van der Waals surface area contributed by atoms with Gasteiger partial charge in [0, 0.05) is 33.9 Å². The van der Waals surface area contributed by atoms with Crippen LogP contribution in [0.5, 0.6) is 0 Å². The van der Waals surface area contributed by atoms with Crippen molar-refractivity contribution in [3.63, 3.8) is 0 Å². The van der Waals surface area contributed by atoms with E-state index in [9.17, 15) is 0 Å². The third-order valence-electron chi connectivity index (χ3n) is 6.58. The van der Waals surface area contributed by atoms with Crippen molar-refractivity contribution in [3.8, 4) is 0 Å². The topological polar surface area (TPSA) is 48.9 Å². The van der Waals surface area contributed by atoms with Crippen LogP contribution < -0.4 is 10.6 Å². The van der Waals surface area contributed by atoms with Crippen LogP contribution in [0.15, 0.2) is 35.3 Å². The highest BCUT2D eigenvalue weighted by Gasteiger charge is 2.33. The van der Waals surface area contributed by atoms with E-state index in [4.69, 9.17) is 4.74 Å². The van der Waals surface area contributed by atoms with Crippen LogP contribution in [0.3, 0.4) is 0 Å². The maximum absolute atomic E-state index is 5.37. The lowest BCUT2D eigenvalue weighted by molar-refractivity contribution is 0.138. The molecule has 156 valence electrons. The van der Waals surface area contributed by atoms with Crippen LogP contribution in [-0.2, 0) is 4.74 Å². The summed E-state index contributed by atoms with van der Waals surface area (Å²) in [6.07, 6.45) is 9.00. The van der Waals surface area contributed by atoms with Crippen molar-refractivity contribution >= 4 is 5.96 Å². The molecular weight excluding hydrogens is 348 g/mol. The van der Waals surface area contributed by atoms with E-state index in [1.54, 1.807) is 7.11 Å². The van der Waals surface area contributed by atoms with Crippen LogP contribution in [0.4, 0.5) is 0 Å². The zero-order chi connectivity index (χ0) is 19.7. The van der Waals surface area contributed by atoms with E-state index in [-0.39, 0.29) is 0 Å². The predicted molar refractivity (Wildman–Crippen MR) is 117 cm³/mol. The summed E-state index contributed by atoms with van der Waals surface area (Å²) in [6, 6.07) is 11.3. The number of methoxy groups -OCH3 is 1. The average Bonchev–Trinajstić information content (AvgIpc) is 3.43. The highest BCUT2D eigenvalue weighted by molar-refractivity contribution is 5.79. The average molecular weight is 387 g/mol. The minimum atomic E-state index is 0.363. The van der Waals surface area contributed by atoms with Gasteiger partial charge in [0.1, 0.15) is 0 Å². The van der Waals surface area contributed by atoms with Crippen LogP contribution >= 0.6 is 0 Å². The van der Waals surface area contributed by atoms with E-state index in [1.165, 1.54) is 57.2 Å². The Bertz CT molecular complexity index is 592. The fourth-order valence-electron chi connectivity index (χ4n) is 4.83. The maximum Gasteiger partial charge on any atom is 0.191 e. The number of benzene rings is 1. The molecule has 1 aromatic carbocycles. The zero-order valence-corrected chi connectivity index (χ0v) is 17.8. The molecule has 3 rings (SSSR count). The largest absolute Gasteiger partial charge is 0.385 e. The van der Waals surface area contributed by atoms with Crippen LogP contribution in [0.25, 0.3) is 0 Å². The fourth-order valence-corrected chi connectivity index (χ4v) is 4.83. The van der Waals surface area contributed by atoms with Crippen molar-refractivity contribution < 1.29 is 4.74 Å². The number of guanidine groups is 1. The molecule has 0 bridgehead atoms. The molecule has 0 amide bonds. The summed E-state index contributed by atoms with van der Waals surface area (Å²) in [5.74, 6) is 0.920. The van der Waals surface area contributed by atoms with Gasteiger partial charge in [0.25, 0.3) is 0 Å². The van der Waals surface area contributed by atoms with Crippen molar-refractivity contribution in [3.05, 3.63) is 35.9 Å². The van der Waals surface area contributed by atoms with Gasteiger partial charge in [-0.15, -0.1) is 0 Å². The quantitative estimate of drug-likeness (QED) is 0.503. The molecule has 1 unspecified atom stereocenters. The summed E-state index contributed by atoms with van der Waals surface area (Å²) in [4.78, 5) is 7.10. The molecule has 1 aliphatic carbocycles. The molecule has 5 nitrogen and oxygen atoms in total. The Balaban J connectivity index is 1.57. The van der Waals surface area contributed by atoms with Gasteiger partial charge in [-0.1, -0.05) is 43.2 Å². The first kappa shape index (κ1) is 21.1. The predicted octanol–water partition coefficient (Wildman–Crippen LogP) is 3.59. The Morgan fingerprint density at radius 3 is 2.46 bits per heavy atom. The molecule has 2 N–H and O–H groups in total. The van der Waals surface area contributed by atoms with Crippen molar-refractivity contribution in [2.24, 2.45) is 10.4 Å². The molecule has 0 radical (unpaired) electrons. The molecule has 1 saturated heterocycles. The Morgan fingerprint density at radius 2 is 1.82 bits per heavy atom. The molecule has 2 aliphatic rings. The second kappa shape index (κ2) is 10.8. The van der Waals surface area contributed by atoms with Gasteiger partial charge in [-0.2, -0.15) is 0 Å². The molecule has 28 heavy (non-hydrogen) atoms. The smallest absolute Gasteiger partial charge is 0.191 e. The van der Waals surface area contributed by atoms with Crippen LogP contribution in [0.1, 0.15) is 56.6 Å². The minimum Gasteiger partial charge on any atom is -0.385 e. The van der Waals surface area contributed by atoms with Crippen LogP contribution in [0, 0.1) is 5.41 Å². The second-order valence-electron chi connectivity index (χ2n) is 8.43. The molecule has 0 spiro atoms. The monoisotopic (exact) mass is 386 g/mol. The number of rotatable bonds is 9. The zero-order valence-electron chi connectivity index (χ0n) is 17.8. The molecule has 1 heterocycles. The molecule has 5 heteroatoms. The lowest BCUT2D eigenvalue weighted by atomic mass is 9.83. The second-order valence-corrected chi connectivity index (χ2v) is 8.43. The first-order valence-corrected chi connectivity index (χ1v) is 11.0. The van der Waals surface area contributed by atoms with Gasteiger partial charge in [0.15, 0.2) is 5.96 Å². The molecule has 1 aromatic rings. The van der Waals surface area contributed by atoms with E-state index in [0.29, 0.717) is 11.5 Å². The van der Waals surface area contributed by atoms with Crippen molar-refractivity contribution in [1.29, 1.82) is 0 Å². The Kier molecular flexibility index (Phi) is 8.16. The number of likely N-dealkylation sites (tertiary alicyclic amines) is 1. The number of aliphatic imine (C=N–C) groups is 1. The van der Waals surface area contributed by atoms with Crippen LogP contribution in [-0.4, -0.2) is 57.8 Å². The first-order chi connectivity index (χ1) is 13.8. The highest BCUT2D eigenvalue weighted by atomic mass is 16.5. The lowest BCUT2D eigenvalue weighted by Crippen LogP contribution is -2.46. The summed E-state index contributed by atoms with van der Waals surface area (Å²) in [5, 5.41) is 7.23. The summed E-state index contributed by atoms with van der Waals surface area (Å²) in [7, 11) is 3.68. The Hall–Kier alpha value is -1.59. The maximum atomic E-state index is 5.37. The third kappa shape index (κ3) is 5.71. The van der Waals surface area contributed by atoms with Gasteiger partial charge in [-0.25, -0.2) is 0 Å². The van der Waals surface area contributed by atoms with E-state index in [1.807, 2.05) is 7.05 Å². The molecule has 1 saturated carbocycles. The van der Waals surface area contributed by atoms with Gasteiger partial charge >= 0.3 is 0 Å². The highest BCUT2D eigenvalue weighted by Crippen LogP contribution is 2.40. The molecule has 1 atom stereocenters. The molecule has 2 fully saturated rings. The Labute approximate surface area is 170 Å². The minimum absolute atomic E-state index is 0.363. The van der Waals surface area contributed by atoms with E-state index < -0.39 is 0 Å².